The molecule has 1 saturated carbocycles. The van der Waals surface area contributed by atoms with Gasteiger partial charge < -0.3 is 14.7 Å². The Labute approximate surface area is 143 Å². The van der Waals surface area contributed by atoms with Gasteiger partial charge in [0, 0.05) is 13.1 Å². The van der Waals surface area contributed by atoms with E-state index in [4.69, 9.17) is 4.74 Å². The lowest BCUT2D eigenvalue weighted by Crippen LogP contribution is -2.43. The maximum absolute atomic E-state index is 10.0. The first-order chi connectivity index (χ1) is 11.2. The zero-order valence-electron chi connectivity index (χ0n) is 13.0. The zero-order valence-corrected chi connectivity index (χ0v) is 14.6. The van der Waals surface area contributed by atoms with Gasteiger partial charge in [-0.1, -0.05) is 5.21 Å². The van der Waals surface area contributed by atoms with Gasteiger partial charge in [-0.25, -0.2) is 4.68 Å². The number of ether oxygens (including phenoxy) is 1. The highest BCUT2D eigenvalue weighted by Crippen LogP contribution is 2.34. The quantitative estimate of drug-likeness (QED) is 0.796. The van der Waals surface area contributed by atoms with Crippen molar-refractivity contribution >= 4 is 27.0 Å². The third-order valence-electron chi connectivity index (χ3n) is 4.57. The summed E-state index contributed by atoms with van der Waals surface area (Å²) in [6.07, 6.45) is 3.34. The molecule has 1 aliphatic heterocycles. The SMILES string of the molecule is OC(COc1ccc2c(nnn2CC2CC2)c1Br)CN1CCC1. The summed E-state index contributed by atoms with van der Waals surface area (Å²) >= 11 is 3.57. The van der Waals surface area contributed by atoms with Crippen LogP contribution in [-0.4, -0.2) is 57.3 Å². The third kappa shape index (κ3) is 3.36. The van der Waals surface area contributed by atoms with Crippen molar-refractivity contribution in [1.82, 2.24) is 19.9 Å². The summed E-state index contributed by atoms with van der Waals surface area (Å²) in [5.74, 6) is 1.46. The summed E-state index contributed by atoms with van der Waals surface area (Å²) in [6.45, 7) is 4.07. The largest absolute Gasteiger partial charge is 0.490 e. The molecule has 1 unspecified atom stereocenters. The Morgan fingerprint density at radius 3 is 2.87 bits per heavy atom. The van der Waals surface area contributed by atoms with Crippen LogP contribution in [0.2, 0.25) is 0 Å². The van der Waals surface area contributed by atoms with Gasteiger partial charge in [-0.3, -0.25) is 0 Å². The van der Waals surface area contributed by atoms with Crippen molar-refractivity contribution in [2.45, 2.75) is 31.9 Å². The molecule has 1 saturated heterocycles. The number of aromatic nitrogens is 3. The Balaban J connectivity index is 1.43. The van der Waals surface area contributed by atoms with E-state index in [1.54, 1.807) is 0 Å². The van der Waals surface area contributed by atoms with E-state index in [1.165, 1.54) is 19.3 Å². The van der Waals surface area contributed by atoms with Gasteiger partial charge in [0.2, 0.25) is 0 Å². The second-order valence-electron chi connectivity index (χ2n) is 6.58. The van der Waals surface area contributed by atoms with Crippen LogP contribution in [0.5, 0.6) is 5.75 Å². The summed E-state index contributed by atoms with van der Waals surface area (Å²) in [5.41, 5.74) is 1.85. The molecule has 1 N–H and O–H groups in total. The van der Waals surface area contributed by atoms with E-state index in [-0.39, 0.29) is 6.61 Å². The van der Waals surface area contributed by atoms with E-state index in [2.05, 4.69) is 31.1 Å². The normalized spacial score (nSPS) is 19.7. The zero-order chi connectivity index (χ0) is 15.8. The summed E-state index contributed by atoms with van der Waals surface area (Å²) in [6, 6.07) is 3.93. The Hall–Kier alpha value is -1.18. The van der Waals surface area contributed by atoms with E-state index in [1.807, 2.05) is 16.8 Å². The second kappa shape index (κ2) is 6.37. The lowest BCUT2D eigenvalue weighted by Gasteiger charge is -2.32. The van der Waals surface area contributed by atoms with Gasteiger partial charge in [-0.05, 0) is 66.3 Å². The summed E-state index contributed by atoms with van der Waals surface area (Å²) in [4.78, 5) is 2.23. The van der Waals surface area contributed by atoms with Gasteiger partial charge in [0.1, 0.15) is 24.0 Å². The molecule has 0 bridgehead atoms. The van der Waals surface area contributed by atoms with Crippen LogP contribution in [0.15, 0.2) is 16.6 Å². The van der Waals surface area contributed by atoms with Crippen LogP contribution in [0.1, 0.15) is 19.3 Å². The predicted octanol–water partition coefficient (Wildman–Crippen LogP) is 2.05. The molecule has 1 aromatic heterocycles. The first kappa shape index (κ1) is 15.4. The predicted molar refractivity (Wildman–Crippen MR) is 90.5 cm³/mol. The average molecular weight is 381 g/mol. The van der Waals surface area contributed by atoms with Crippen molar-refractivity contribution in [1.29, 1.82) is 0 Å². The molecule has 2 fully saturated rings. The summed E-state index contributed by atoms with van der Waals surface area (Å²) < 4.78 is 8.56. The van der Waals surface area contributed by atoms with Crippen LogP contribution < -0.4 is 4.74 Å². The van der Waals surface area contributed by atoms with Crippen molar-refractivity contribution in [2.75, 3.05) is 26.2 Å². The Morgan fingerprint density at radius 1 is 1.35 bits per heavy atom. The number of rotatable bonds is 7. The number of aliphatic hydroxyl groups is 1. The number of likely N-dealkylation sites (tertiary alicyclic amines) is 1. The highest BCUT2D eigenvalue weighted by molar-refractivity contribution is 9.10. The number of nitrogens with zero attached hydrogens (tertiary/aromatic N) is 4. The van der Waals surface area contributed by atoms with E-state index in [0.717, 1.165) is 41.1 Å². The maximum atomic E-state index is 10.0. The standard InChI is InChI=1S/C16H21BrN4O2/c17-15-14(23-10-12(22)9-20-6-1-7-20)5-4-13-16(15)18-19-21(13)8-11-2-3-11/h4-5,11-12,22H,1-3,6-10H2. The Kier molecular flexibility index (Phi) is 4.26. The number of fused-ring (bicyclic) bond motifs is 1. The molecular formula is C16H21BrN4O2. The van der Waals surface area contributed by atoms with Gasteiger partial charge >= 0.3 is 0 Å². The monoisotopic (exact) mass is 380 g/mol. The molecule has 0 amide bonds. The molecule has 1 atom stereocenters. The van der Waals surface area contributed by atoms with E-state index >= 15 is 0 Å². The number of hydrogen-bond donors (Lipinski definition) is 1. The fourth-order valence-corrected chi connectivity index (χ4v) is 3.41. The third-order valence-corrected chi connectivity index (χ3v) is 5.33. The van der Waals surface area contributed by atoms with Crippen LogP contribution in [0, 0.1) is 5.92 Å². The molecule has 2 aliphatic rings. The lowest BCUT2D eigenvalue weighted by atomic mass is 10.2. The molecule has 124 valence electrons. The molecule has 1 aromatic carbocycles. The first-order valence-electron chi connectivity index (χ1n) is 8.25. The Bertz CT molecular complexity index is 697. The van der Waals surface area contributed by atoms with Crippen LogP contribution in [0.25, 0.3) is 11.0 Å². The number of halogens is 1. The van der Waals surface area contributed by atoms with E-state index in [9.17, 15) is 5.11 Å². The molecule has 0 radical (unpaired) electrons. The minimum Gasteiger partial charge on any atom is -0.490 e. The van der Waals surface area contributed by atoms with Crippen LogP contribution in [0.3, 0.4) is 0 Å². The van der Waals surface area contributed by atoms with Crippen LogP contribution in [-0.2, 0) is 6.54 Å². The number of β-amino-alcohol motifs (C(OH)–C–C–N with tert-alkyl or cyclic N) is 1. The Morgan fingerprint density at radius 2 is 2.17 bits per heavy atom. The van der Waals surface area contributed by atoms with Gasteiger partial charge in [-0.15, -0.1) is 5.10 Å². The van der Waals surface area contributed by atoms with Crippen LogP contribution in [0.4, 0.5) is 0 Å². The second-order valence-corrected chi connectivity index (χ2v) is 7.37. The van der Waals surface area contributed by atoms with Crippen molar-refractivity contribution in [3.8, 4) is 5.75 Å². The molecule has 6 nitrogen and oxygen atoms in total. The van der Waals surface area contributed by atoms with Crippen LogP contribution >= 0.6 is 15.9 Å². The first-order valence-corrected chi connectivity index (χ1v) is 9.05. The minimum absolute atomic E-state index is 0.289. The van der Waals surface area contributed by atoms with E-state index < -0.39 is 6.10 Å². The number of hydrogen-bond acceptors (Lipinski definition) is 5. The number of aliphatic hydroxyl groups excluding tert-OH is 1. The molecule has 1 aliphatic carbocycles. The lowest BCUT2D eigenvalue weighted by molar-refractivity contribution is 0.0465. The van der Waals surface area contributed by atoms with Gasteiger partial charge in [0.15, 0.2) is 0 Å². The molecular weight excluding hydrogens is 360 g/mol. The smallest absolute Gasteiger partial charge is 0.136 e. The number of benzene rings is 1. The van der Waals surface area contributed by atoms with E-state index in [0.29, 0.717) is 12.3 Å². The van der Waals surface area contributed by atoms with Crippen molar-refractivity contribution in [3.63, 3.8) is 0 Å². The molecule has 0 spiro atoms. The summed E-state index contributed by atoms with van der Waals surface area (Å²) in [7, 11) is 0. The van der Waals surface area contributed by atoms with Gasteiger partial charge in [0.05, 0.1) is 9.99 Å². The molecule has 2 aromatic rings. The molecule has 23 heavy (non-hydrogen) atoms. The molecule has 2 heterocycles. The van der Waals surface area contributed by atoms with Crippen molar-refractivity contribution < 1.29 is 9.84 Å². The summed E-state index contributed by atoms with van der Waals surface area (Å²) in [5, 5.41) is 18.6. The molecule has 4 rings (SSSR count). The fourth-order valence-electron chi connectivity index (χ4n) is 2.88. The fraction of sp³-hybridized carbons (Fsp3) is 0.625. The van der Waals surface area contributed by atoms with Crippen molar-refractivity contribution in [3.05, 3.63) is 16.6 Å². The topological polar surface area (TPSA) is 63.4 Å². The highest BCUT2D eigenvalue weighted by atomic mass is 79.9. The van der Waals surface area contributed by atoms with Crippen molar-refractivity contribution in [2.24, 2.45) is 5.92 Å². The highest BCUT2D eigenvalue weighted by Gasteiger charge is 2.24. The molecule has 7 heteroatoms. The average Bonchev–Trinajstić information content (AvgIpc) is 3.22. The maximum Gasteiger partial charge on any atom is 0.136 e. The van der Waals surface area contributed by atoms with Gasteiger partial charge in [-0.2, -0.15) is 0 Å². The van der Waals surface area contributed by atoms with Gasteiger partial charge in [0.25, 0.3) is 0 Å². The minimum atomic E-state index is -0.469.